The highest BCUT2D eigenvalue weighted by Crippen LogP contribution is 2.15. The smallest absolute Gasteiger partial charge is 0.274 e. The number of carbonyl (C=O) groups is 1. The number of rotatable bonds is 5. The molecule has 116 valence electrons. The molecule has 0 aliphatic rings. The zero-order valence-electron chi connectivity index (χ0n) is 13.5. The molecule has 0 bridgehead atoms. The van der Waals surface area contributed by atoms with Gasteiger partial charge in [0.15, 0.2) is 0 Å². The number of amides is 1. The highest BCUT2D eigenvalue weighted by Gasteiger charge is 2.10. The second-order valence-electron chi connectivity index (χ2n) is 5.57. The van der Waals surface area contributed by atoms with E-state index in [1.54, 1.807) is 6.07 Å². The van der Waals surface area contributed by atoms with Crippen molar-refractivity contribution in [3.05, 3.63) is 47.4 Å². The average Bonchev–Trinajstić information content (AvgIpc) is 2.46. The third kappa shape index (κ3) is 4.28. The zero-order chi connectivity index (χ0) is 16.1. The van der Waals surface area contributed by atoms with Crippen LogP contribution < -0.4 is 10.6 Å². The van der Waals surface area contributed by atoms with Gasteiger partial charge in [0.1, 0.15) is 17.8 Å². The number of aromatic nitrogens is 2. The van der Waals surface area contributed by atoms with Crippen LogP contribution in [0.1, 0.15) is 41.9 Å². The molecule has 1 heterocycles. The van der Waals surface area contributed by atoms with Crippen LogP contribution in [0.5, 0.6) is 0 Å². The van der Waals surface area contributed by atoms with Gasteiger partial charge in [0.2, 0.25) is 0 Å². The molecule has 1 amide bonds. The molecule has 1 unspecified atom stereocenters. The van der Waals surface area contributed by atoms with E-state index in [0.717, 1.165) is 23.2 Å². The van der Waals surface area contributed by atoms with Crippen LogP contribution in [0, 0.1) is 13.8 Å². The van der Waals surface area contributed by atoms with Crippen LogP contribution in [0.2, 0.25) is 0 Å². The number of benzene rings is 1. The molecule has 2 rings (SSSR count). The fourth-order valence-electron chi connectivity index (χ4n) is 2.16. The Morgan fingerprint density at radius 3 is 2.45 bits per heavy atom. The minimum atomic E-state index is -0.236. The third-order valence-corrected chi connectivity index (χ3v) is 3.39. The first-order valence-electron chi connectivity index (χ1n) is 7.46. The molecular weight excluding hydrogens is 276 g/mol. The number of anilines is 2. The minimum absolute atomic E-state index is 0.236. The minimum Gasteiger partial charge on any atom is -0.368 e. The average molecular weight is 298 g/mol. The quantitative estimate of drug-likeness (QED) is 0.885. The van der Waals surface area contributed by atoms with Gasteiger partial charge >= 0.3 is 0 Å². The fourth-order valence-corrected chi connectivity index (χ4v) is 2.16. The normalized spacial score (nSPS) is 11.8. The summed E-state index contributed by atoms with van der Waals surface area (Å²) in [5.74, 6) is 0.425. The van der Waals surface area contributed by atoms with Gasteiger partial charge in [0.05, 0.1) is 0 Å². The number of hydrogen-bond donors (Lipinski definition) is 2. The van der Waals surface area contributed by atoms with Gasteiger partial charge in [0.25, 0.3) is 5.91 Å². The summed E-state index contributed by atoms with van der Waals surface area (Å²) in [6, 6.07) is 7.90. The van der Waals surface area contributed by atoms with Crippen molar-refractivity contribution in [2.24, 2.45) is 0 Å². The van der Waals surface area contributed by atoms with E-state index in [-0.39, 0.29) is 5.91 Å². The summed E-state index contributed by atoms with van der Waals surface area (Å²) in [6.07, 6.45) is 2.38. The van der Waals surface area contributed by atoms with Gasteiger partial charge in [-0.2, -0.15) is 0 Å². The van der Waals surface area contributed by atoms with Crippen LogP contribution in [0.3, 0.4) is 0 Å². The maximum Gasteiger partial charge on any atom is 0.274 e. The largest absolute Gasteiger partial charge is 0.368 e. The van der Waals surface area contributed by atoms with Gasteiger partial charge < -0.3 is 10.6 Å². The van der Waals surface area contributed by atoms with Crippen molar-refractivity contribution in [1.82, 2.24) is 9.97 Å². The predicted octanol–water partition coefficient (Wildman–Crippen LogP) is 3.56. The van der Waals surface area contributed by atoms with Crippen molar-refractivity contribution in [3.63, 3.8) is 0 Å². The molecule has 1 atom stereocenters. The molecule has 0 fully saturated rings. The van der Waals surface area contributed by atoms with Gasteiger partial charge in [-0.15, -0.1) is 0 Å². The predicted molar refractivity (Wildman–Crippen MR) is 89.3 cm³/mol. The lowest BCUT2D eigenvalue weighted by Gasteiger charge is -2.12. The molecule has 0 aliphatic heterocycles. The molecule has 0 saturated carbocycles. The summed E-state index contributed by atoms with van der Waals surface area (Å²) in [5, 5.41) is 6.12. The van der Waals surface area contributed by atoms with E-state index >= 15 is 0 Å². The van der Waals surface area contributed by atoms with E-state index in [9.17, 15) is 4.79 Å². The van der Waals surface area contributed by atoms with Gasteiger partial charge in [-0.1, -0.05) is 13.0 Å². The molecule has 22 heavy (non-hydrogen) atoms. The Hall–Kier alpha value is -2.43. The summed E-state index contributed by atoms with van der Waals surface area (Å²) < 4.78 is 0. The van der Waals surface area contributed by atoms with Gasteiger partial charge in [0, 0.05) is 17.8 Å². The summed E-state index contributed by atoms with van der Waals surface area (Å²) in [5.41, 5.74) is 3.34. The lowest BCUT2D eigenvalue weighted by molar-refractivity contribution is 0.102. The lowest BCUT2D eigenvalue weighted by atomic mass is 10.1. The summed E-state index contributed by atoms with van der Waals surface area (Å²) in [4.78, 5) is 20.5. The summed E-state index contributed by atoms with van der Waals surface area (Å²) in [7, 11) is 0. The monoisotopic (exact) mass is 298 g/mol. The van der Waals surface area contributed by atoms with Crippen molar-refractivity contribution in [2.45, 2.75) is 40.2 Å². The second-order valence-corrected chi connectivity index (χ2v) is 5.57. The van der Waals surface area contributed by atoms with Crippen molar-refractivity contribution in [2.75, 3.05) is 10.6 Å². The molecule has 0 spiro atoms. The van der Waals surface area contributed by atoms with Crippen molar-refractivity contribution in [3.8, 4) is 0 Å². The van der Waals surface area contributed by atoms with Crippen LogP contribution in [0.4, 0.5) is 11.5 Å². The number of carbonyl (C=O) groups excluding carboxylic acids is 1. The Labute approximate surface area is 131 Å². The molecule has 0 saturated heterocycles. The molecule has 0 aliphatic carbocycles. The second kappa shape index (κ2) is 7.02. The maximum absolute atomic E-state index is 12.3. The number of aryl methyl sites for hydroxylation is 2. The number of hydrogen-bond acceptors (Lipinski definition) is 4. The number of nitrogens with zero attached hydrogens (tertiary/aromatic N) is 2. The molecule has 2 aromatic rings. The van der Waals surface area contributed by atoms with Gasteiger partial charge in [-0.05, 0) is 50.5 Å². The van der Waals surface area contributed by atoms with E-state index in [1.807, 2.05) is 26.0 Å². The van der Waals surface area contributed by atoms with Crippen molar-refractivity contribution in [1.29, 1.82) is 0 Å². The van der Waals surface area contributed by atoms with Crippen LogP contribution in [-0.2, 0) is 0 Å². The summed E-state index contributed by atoms with van der Waals surface area (Å²) in [6.45, 7) is 8.16. The first-order valence-corrected chi connectivity index (χ1v) is 7.46. The molecule has 5 nitrogen and oxygen atoms in total. The zero-order valence-corrected chi connectivity index (χ0v) is 13.5. The molecule has 1 aromatic heterocycles. The molecule has 0 radical (unpaired) electrons. The highest BCUT2D eigenvalue weighted by molar-refractivity contribution is 6.03. The Kier molecular flexibility index (Phi) is 5.09. The Balaban J connectivity index is 2.13. The maximum atomic E-state index is 12.3. The molecular formula is C17H22N4O. The Morgan fingerprint density at radius 2 is 1.82 bits per heavy atom. The van der Waals surface area contributed by atoms with Crippen LogP contribution in [0.15, 0.2) is 30.6 Å². The molecule has 5 heteroatoms. The lowest BCUT2D eigenvalue weighted by Crippen LogP contribution is -2.17. The first-order chi connectivity index (χ1) is 10.5. The SMILES string of the molecule is CCC(C)Nc1cc(C(=O)Nc2cc(C)cc(C)c2)ncn1. The van der Waals surface area contributed by atoms with Crippen molar-refractivity contribution >= 4 is 17.4 Å². The van der Waals surface area contributed by atoms with Gasteiger partial charge in [-0.25, -0.2) is 9.97 Å². The fraction of sp³-hybridized carbons (Fsp3) is 0.353. The van der Waals surface area contributed by atoms with E-state index in [0.29, 0.717) is 17.6 Å². The van der Waals surface area contributed by atoms with E-state index in [1.165, 1.54) is 6.33 Å². The topological polar surface area (TPSA) is 66.9 Å². The van der Waals surface area contributed by atoms with E-state index in [4.69, 9.17) is 0 Å². The molecule has 1 aromatic carbocycles. The third-order valence-electron chi connectivity index (χ3n) is 3.39. The van der Waals surface area contributed by atoms with Crippen molar-refractivity contribution < 1.29 is 4.79 Å². The Bertz CT molecular complexity index is 649. The van der Waals surface area contributed by atoms with Crippen LogP contribution in [-0.4, -0.2) is 21.9 Å². The van der Waals surface area contributed by atoms with Crippen LogP contribution in [0.25, 0.3) is 0 Å². The highest BCUT2D eigenvalue weighted by atomic mass is 16.1. The standard InChI is InChI=1S/C17H22N4O/c1-5-13(4)20-16-9-15(18-10-19-16)17(22)21-14-7-11(2)6-12(3)8-14/h6-10,13H,5H2,1-4H3,(H,21,22)(H,18,19,20). The van der Waals surface area contributed by atoms with E-state index in [2.05, 4.69) is 40.5 Å². The van der Waals surface area contributed by atoms with Gasteiger partial charge in [-0.3, -0.25) is 4.79 Å². The van der Waals surface area contributed by atoms with E-state index < -0.39 is 0 Å². The Morgan fingerprint density at radius 1 is 1.14 bits per heavy atom. The summed E-state index contributed by atoms with van der Waals surface area (Å²) >= 11 is 0. The van der Waals surface area contributed by atoms with Crippen LogP contribution >= 0.6 is 0 Å². The molecule has 2 N–H and O–H groups in total. The first kappa shape index (κ1) is 15.9. The number of nitrogens with one attached hydrogen (secondary N) is 2.